The van der Waals surface area contributed by atoms with E-state index in [4.69, 9.17) is 9.47 Å². The van der Waals surface area contributed by atoms with Crippen molar-refractivity contribution in [2.24, 2.45) is 0 Å². The highest BCUT2D eigenvalue weighted by Gasteiger charge is 2.41. The van der Waals surface area contributed by atoms with Gasteiger partial charge in [-0.3, -0.25) is 25.0 Å². The first-order valence-electron chi connectivity index (χ1n) is 12.5. The van der Waals surface area contributed by atoms with E-state index in [1.165, 1.54) is 18.1 Å². The Morgan fingerprint density at radius 3 is 2.48 bits per heavy atom. The topological polar surface area (TPSA) is 114 Å². The molecule has 5 rings (SSSR count). The van der Waals surface area contributed by atoms with Crippen molar-refractivity contribution in [3.63, 3.8) is 0 Å². The minimum atomic E-state index is -0.908. The first-order valence-corrected chi connectivity index (χ1v) is 12.5. The van der Waals surface area contributed by atoms with Gasteiger partial charge in [0, 0.05) is 24.2 Å². The van der Waals surface area contributed by atoms with Crippen molar-refractivity contribution in [1.82, 2.24) is 10.2 Å². The summed E-state index contributed by atoms with van der Waals surface area (Å²) in [5.41, 5.74) is 3.35. The standard InChI is InChI=1S/C29H25F2N3O6/c1-39-26-19(6-5-18-14-34(28(37)25(18)26)23-10-11-24(35)33-27(23)36)15-40-29(38)32-20-7-2-16(3-8-20)12-17-4-9-21(30)22(31)13-17/h2-9,13,23H,10-12,14-15H2,1H3,(H,32,38)(H,33,35,36). The van der Waals surface area contributed by atoms with Crippen LogP contribution in [0.5, 0.6) is 5.75 Å². The zero-order valence-electron chi connectivity index (χ0n) is 21.5. The van der Waals surface area contributed by atoms with Gasteiger partial charge in [-0.25, -0.2) is 13.6 Å². The molecule has 0 radical (unpaired) electrons. The van der Waals surface area contributed by atoms with Crippen LogP contribution in [-0.2, 0) is 33.9 Å². The lowest BCUT2D eigenvalue weighted by atomic mass is 10.0. The van der Waals surface area contributed by atoms with Crippen LogP contribution in [0.25, 0.3) is 0 Å². The molecule has 1 fully saturated rings. The zero-order chi connectivity index (χ0) is 28.4. The largest absolute Gasteiger partial charge is 0.495 e. The van der Waals surface area contributed by atoms with Crippen LogP contribution in [0.2, 0.25) is 0 Å². The fourth-order valence-electron chi connectivity index (χ4n) is 4.90. The molecule has 0 bridgehead atoms. The Morgan fingerprint density at radius 1 is 1.02 bits per heavy atom. The summed E-state index contributed by atoms with van der Waals surface area (Å²) in [4.78, 5) is 50.9. The van der Waals surface area contributed by atoms with Crippen molar-refractivity contribution >= 4 is 29.5 Å². The highest BCUT2D eigenvalue weighted by molar-refractivity contribution is 6.06. The number of benzene rings is 3. The van der Waals surface area contributed by atoms with Gasteiger partial charge in [-0.05, 0) is 53.8 Å². The summed E-state index contributed by atoms with van der Waals surface area (Å²) < 4.78 is 37.5. The van der Waals surface area contributed by atoms with Crippen LogP contribution in [0.1, 0.15) is 45.5 Å². The molecule has 3 aromatic carbocycles. The van der Waals surface area contributed by atoms with E-state index < -0.39 is 35.6 Å². The van der Waals surface area contributed by atoms with E-state index in [2.05, 4.69) is 10.6 Å². The first kappa shape index (κ1) is 26.8. The van der Waals surface area contributed by atoms with Crippen molar-refractivity contribution in [3.8, 4) is 5.75 Å². The quantitative estimate of drug-likeness (QED) is 0.430. The number of nitrogens with zero attached hydrogens (tertiary/aromatic N) is 1. The maximum absolute atomic E-state index is 13.4. The molecule has 0 saturated carbocycles. The van der Waals surface area contributed by atoms with Gasteiger partial charge < -0.3 is 14.4 Å². The summed E-state index contributed by atoms with van der Waals surface area (Å²) in [5.74, 6) is -2.82. The molecule has 1 saturated heterocycles. The van der Waals surface area contributed by atoms with Crippen LogP contribution in [0.15, 0.2) is 54.6 Å². The predicted octanol–water partition coefficient (Wildman–Crippen LogP) is 4.07. The first-order chi connectivity index (χ1) is 19.2. The van der Waals surface area contributed by atoms with Gasteiger partial charge in [-0.15, -0.1) is 0 Å². The summed E-state index contributed by atoms with van der Waals surface area (Å²) in [6, 6.07) is 13.2. The summed E-state index contributed by atoms with van der Waals surface area (Å²) >= 11 is 0. The fraction of sp³-hybridized carbons (Fsp3) is 0.241. The van der Waals surface area contributed by atoms with Crippen molar-refractivity contribution in [1.29, 1.82) is 0 Å². The molecule has 9 nitrogen and oxygen atoms in total. The Labute approximate surface area is 228 Å². The maximum atomic E-state index is 13.4. The average Bonchev–Trinajstić information content (AvgIpc) is 3.26. The third kappa shape index (κ3) is 5.49. The molecule has 0 aliphatic carbocycles. The summed E-state index contributed by atoms with van der Waals surface area (Å²) in [7, 11) is 1.41. The second-order valence-corrected chi connectivity index (χ2v) is 9.52. The molecule has 3 aromatic rings. The number of imide groups is 1. The number of methoxy groups -OCH3 is 1. The lowest BCUT2D eigenvalue weighted by Gasteiger charge is -2.29. The van der Waals surface area contributed by atoms with E-state index >= 15 is 0 Å². The second-order valence-electron chi connectivity index (χ2n) is 9.52. The highest BCUT2D eigenvalue weighted by atomic mass is 19.2. The van der Waals surface area contributed by atoms with Gasteiger partial charge in [0.15, 0.2) is 11.6 Å². The van der Waals surface area contributed by atoms with Gasteiger partial charge >= 0.3 is 6.09 Å². The number of hydrogen-bond donors (Lipinski definition) is 2. The Balaban J connectivity index is 1.20. The molecule has 2 aliphatic rings. The van der Waals surface area contributed by atoms with Crippen molar-refractivity contribution in [2.45, 2.75) is 38.5 Å². The Kier molecular flexibility index (Phi) is 7.45. The van der Waals surface area contributed by atoms with E-state index in [0.29, 0.717) is 34.4 Å². The monoisotopic (exact) mass is 549 g/mol. The third-order valence-electron chi connectivity index (χ3n) is 6.88. The minimum Gasteiger partial charge on any atom is -0.495 e. The number of fused-ring (bicyclic) bond motifs is 1. The van der Waals surface area contributed by atoms with Crippen LogP contribution in [0, 0.1) is 11.6 Å². The number of carbonyl (C=O) groups excluding carboxylic acids is 4. The molecule has 206 valence electrons. The SMILES string of the molecule is COc1c(COC(=O)Nc2ccc(Cc3ccc(F)c(F)c3)cc2)ccc2c1C(=O)N(C1CCC(=O)NC1=O)C2. The smallest absolute Gasteiger partial charge is 0.411 e. The number of amides is 4. The van der Waals surface area contributed by atoms with Gasteiger partial charge in [0.2, 0.25) is 11.8 Å². The molecule has 11 heteroatoms. The fourth-order valence-corrected chi connectivity index (χ4v) is 4.90. The average molecular weight is 550 g/mol. The lowest BCUT2D eigenvalue weighted by molar-refractivity contribution is -0.136. The summed E-state index contributed by atoms with van der Waals surface area (Å²) in [6.45, 7) is 0.0206. The number of anilines is 1. The molecule has 0 spiro atoms. The molecule has 40 heavy (non-hydrogen) atoms. The maximum Gasteiger partial charge on any atom is 0.411 e. The van der Waals surface area contributed by atoms with Crippen molar-refractivity contribution < 1.29 is 37.4 Å². The number of carbonyl (C=O) groups is 4. The molecule has 0 aromatic heterocycles. The molecular formula is C29H25F2N3O6. The van der Waals surface area contributed by atoms with Crippen LogP contribution in [0.4, 0.5) is 19.3 Å². The number of piperidine rings is 1. The van der Waals surface area contributed by atoms with Gasteiger partial charge in [0.25, 0.3) is 5.91 Å². The normalized spacial score (nSPS) is 16.4. The number of rotatable bonds is 7. The molecule has 2 heterocycles. The zero-order valence-corrected chi connectivity index (χ0v) is 21.5. The van der Waals surface area contributed by atoms with E-state index in [9.17, 15) is 28.0 Å². The second kappa shape index (κ2) is 11.1. The minimum absolute atomic E-state index is 0.152. The van der Waals surface area contributed by atoms with Gasteiger partial charge in [-0.2, -0.15) is 0 Å². The van der Waals surface area contributed by atoms with E-state index in [-0.39, 0.29) is 37.6 Å². The number of ether oxygens (including phenoxy) is 2. The summed E-state index contributed by atoms with van der Waals surface area (Å²) in [5, 5.41) is 4.89. The number of nitrogens with one attached hydrogen (secondary N) is 2. The van der Waals surface area contributed by atoms with Gasteiger partial charge in [0.05, 0.1) is 12.7 Å². The van der Waals surface area contributed by atoms with Crippen LogP contribution < -0.4 is 15.4 Å². The van der Waals surface area contributed by atoms with Crippen LogP contribution in [-0.4, -0.2) is 41.9 Å². The summed E-state index contributed by atoms with van der Waals surface area (Å²) in [6.07, 6.45) is 0.0557. The van der Waals surface area contributed by atoms with Crippen LogP contribution in [0.3, 0.4) is 0 Å². The molecular weight excluding hydrogens is 524 g/mol. The Hall–Kier alpha value is -4.80. The Morgan fingerprint density at radius 2 is 1.77 bits per heavy atom. The Bertz CT molecular complexity index is 1510. The molecule has 1 atom stereocenters. The molecule has 4 amide bonds. The van der Waals surface area contributed by atoms with E-state index in [0.717, 1.165) is 17.7 Å². The molecule has 2 N–H and O–H groups in total. The van der Waals surface area contributed by atoms with Crippen molar-refractivity contribution in [3.05, 3.63) is 94.0 Å². The van der Waals surface area contributed by atoms with Gasteiger partial charge in [0.1, 0.15) is 18.4 Å². The van der Waals surface area contributed by atoms with E-state index in [1.807, 2.05) is 0 Å². The van der Waals surface area contributed by atoms with E-state index in [1.54, 1.807) is 36.4 Å². The number of hydrogen-bond acceptors (Lipinski definition) is 6. The predicted molar refractivity (Wildman–Crippen MR) is 138 cm³/mol. The third-order valence-corrected chi connectivity index (χ3v) is 6.88. The lowest BCUT2D eigenvalue weighted by Crippen LogP contribution is -2.52. The number of halogens is 2. The molecule has 1 unspecified atom stereocenters. The van der Waals surface area contributed by atoms with Crippen LogP contribution >= 0.6 is 0 Å². The molecule has 2 aliphatic heterocycles. The highest BCUT2D eigenvalue weighted by Crippen LogP contribution is 2.36. The van der Waals surface area contributed by atoms with Gasteiger partial charge in [-0.1, -0.05) is 30.3 Å². The van der Waals surface area contributed by atoms with Crippen molar-refractivity contribution in [2.75, 3.05) is 12.4 Å².